The highest BCUT2D eigenvalue weighted by Gasteiger charge is 2.46. The molecule has 0 saturated carbocycles. The number of amides is 1. The second kappa shape index (κ2) is 10.5. The number of hydrogen-bond donors (Lipinski definition) is 2. The maximum absolute atomic E-state index is 13.4. The van der Waals surface area contributed by atoms with E-state index in [1.54, 1.807) is 11.0 Å². The lowest BCUT2D eigenvalue weighted by Gasteiger charge is -2.28. The first-order valence-corrected chi connectivity index (χ1v) is 13.7. The van der Waals surface area contributed by atoms with Crippen LogP contribution in [0, 0.1) is 0 Å². The van der Waals surface area contributed by atoms with Gasteiger partial charge in [0, 0.05) is 24.9 Å². The Balaban J connectivity index is 1.50. The van der Waals surface area contributed by atoms with Crippen LogP contribution in [0.5, 0.6) is 5.75 Å². The molecule has 0 aromatic heterocycles. The Hall–Kier alpha value is -3.16. The number of ketones is 1. The SMILES string of the molecule is C[C@@H]1Cc2cc(C(O)=C3C(=O)C(=O)N(CCC[NH+]4CCOCC4)[C@H]3c3ccc(C(C)(C)C)cc3)ccc2O1. The first-order valence-electron chi connectivity index (χ1n) is 13.7. The number of benzene rings is 2. The van der Waals surface area contributed by atoms with Crippen molar-refractivity contribution in [3.63, 3.8) is 0 Å². The summed E-state index contributed by atoms with van der Waals surface area (Å²) in [5.74, 6) is -0.505. The lowest BCUT2D eigenvalue weighted by molar-refractivity contribution is -0.908. The van der Waals surface area contributed by atoms with E-state index in [-0.39, 0.29) is 22.9 Å². The fourth-order valence-corrected chi connectivity index (χ4v) is 5.76. The van der Waals surface area contributed by atoms with Crippen molar-refractivity contribution in [2.75, 3.05) is 39.4 Å². The predicted octanol–water partition coefficient (Wildman–Crippen LogP) is 3.03. The van der Waals surface area contributed by atoms with Gasteiger partial charge in [0.05, 0.1) is 31.4 Å². The number of quaternary nitrogens is 1. The standard InChI is InChI=1S/C31H38N2O5/c1-20-18-23-19-22(8-11-25(23)38-20)28(34)26-27(21-6-9-24(10-7-21)31(2,3)4)33(30(36)29(26)35)13-5-12-32-14-16-37-17-15-32/h6-11,19-20,27,34H,5,12-18H2,1-4H3/p+1/t20-,27+/m1/s1. The number of morpholine rings is 1. The minimum absolute atomic E-state index is 0.0229. The zero-order valence-electron chi connectivity index (χ0n) is 22.9. The molecule has 202 valence electrons. The number of nitrogens with one attached hydrogen (secondary N) is 1. The number of Topliss-reactive ketones (excluding diaryl/α,β-unsaturated/α-hetero) is 1. The van der Waals surface area contributed by atoms with Crippen molar-refractivity contribution in [1.82, 2.24) is 4.90 Å². The molecule has 38 heavy (non-hydrogen) atoms. The molecule has 1 amide bonds. The van der Waals surface area contributed by atoms with Crippen LogP contribution >= 0.6 is 0 Å². The average Bonchev–Trinajstić information content (AvgIpc) is 3.39. The molecule has 2 aromatic rings. The molecule has 0 radical (unpaired) electrons. The fourth-order valence-electron chi connectivity index (χ4n) is 5.76. The van der Waals surface area contributed by atoms with E-state index in [0.29, 0.717) is 12.1 Å². The van der Waals surface area contributed by atoms with Crippen molar-refractivity contribution in [3.05, 3.63) is 70.3 Å². The van der Waals surface area contributed by atoms with Crippen molar-refractivity contribution in [3.8, 4) is 5.75 Å². The minimum atomic E-state index is -0.632. The van der Waals surface area contributed by atoms with E-state index in [2.05, 4.69) is 32.9 Å². The highest BCUT2D eigenvalue weighted by atomic mass is 16.5. The van der Waals surface area contributed by atoms with Crippen LogP contribution in [0.3, 0.4) is 0 Å². The Morgan fingerprint density at radius 2 is 1.79 bits per heavy atom. The Bertz CT molecular complexity index is 1240. The van der Waals surface area contributed by atoms with E-state index in [1.165, 1.54) is 10.5 Å². The monoisotopic (exact) mass is 519 g/mol. The van der Waals surface area contributed by atoms with Crippen LogP contribution in [-0.2, 0) is 26.2 Å². The van der Waals surface area contributed by atoms with Gasteiger partial charge in [0.25, 0.3) is 11.7 Å². The highest BCUT2D eigenvalue weighted by molar-refractivity contribution is 6.46. The van der Waals surface area contributed by atoms with Gasteiger partial charge in [-0.3, -0.25) is 9.59 Å². The molecule has 3 aliphatic heterocycles. The number of fused-ring (bicyclic) bond motifs is 1. The summed E-state index contributed by atoms with van der Waals surface area (Å²) >= 11 is 0. The van der Waals surface area contributed by atoms with Gasteiger partial charge in [0.1, 0.15) is 30.7 Å². The third kappa shape index (κ3) is 5.22. The van der Waals surface area contributed by atoms with Crippen molar-refractivity contribution in [2.24, 2.45) is 0 Å². The van der Waals surface area contributed by atoms with E-state index in [0.717, 1.165) is 62.6 Å². The predicted molar refractivity (Wildman–Crippen MR) is 145 cm³/mol. The molecule has 2 saturated heterocycles. The van der Waals surface area contributed by atoms with E-state index >= 15 is 0 Å². The third-order valence-corrected chi connectivity index (χ3v) is 7.93. The summed E-state index contributed by atoms with van der Waals surface area (Å²) in [5.41, 5.74) is 3.66. The number of carbonyl (C=O) groups excluding carboxylic acids is 2. The molecule has 2 N–H and O–H groups in total. The second-order valence-electron chi connectivity index (χ2n) is 11.8. The molecule has 2 atom stereocenters. The number of ether oxygens (including phenoxy) is 2. The van der Waals surface area contributed by atoms with Gasteiger partial charge in [-0.2, -0.15) is 0 Å². The quantitative estimate of drug-likeness (QED) is 0.349. The van der Waals surface area contributed by atoms with Crippen LogP contribution in [0.2, 0.25) is 0 Å². The van der Waals surface area contributed by atoms with Gasteiger partial charge in [-0.1, -0.05) is 45.0 Å². The molecular weight excluding hydrogens is 480 g/mol. The Labute approximate surface area is 225 Å². The topological polar surface area (TPSA) is 80.5 Å². The molecule has 0 unspecified atom stereocenters. The van der Waals surface area contributed by atoms with E-state index in [9.17, 15) is 14.7 Å². The van der Waals surface area contributed by atoms with Crippen LogP contribution in [0.25, 0.3) is 5.76 Å². The average molecular weight is 520 g/mol. The number of aliphatic hydroxyl groups is 1. The molecule has 3 aliphatic rings. The van der Waals surface area contributed by atoms with Gasteiger partial charge in [-0.15, -0.1) is 0 Å². The Kier molecular flexibility index (Phi) is 7.34. The van der Waals surface area contributed by atoms with Crippen molar-refractivity contribution in [2.45, 2.75) is 58.1 Å². The molecule has 3 heterocycles. The van der Waals surface area contributed by atoms with Gasteiger partial charge in [0.15, 0.2) is 0 Å². The van der Waals surface area contributed by atoms with Crippen LogP contribution in [0.15, 0.2) is 48.0 Å². The molecule has 7 nitrogen and oxygen atoms in total. The molecule has 0 spiro atoms. The number of rotatable bonds is 6. The Morgan fingerprint density at radius 1 is 1.08 bits per heavy atom. The summed E-state index contributed by atoms with van der Waals surface area (Å²) < 4.78 is 11.3. The number of hydrogen-bond acceptors (Lipinski definition) is 5. The summed E-state index contributed by atoms with van der Waals surface area (Å²) in [7, 11) is 0. The fraction of sp³-hybridized carbons (Fsp3) is 0.484. The zero-order valence-corrected chi connectivity index (χ0v) is 22.9. The zero-order chi connectivity index (χ0) is 27.0. The first-order chi connectivity index (χ1) is 18.1. The van der Waals surface area contributed by atoms with Crippen molar-refractivity contribution >= 4 is 17.4 Å². The van der Waals surface area contributed by atoms with Crippen LogP contribution in [0.1, 0.15) is 62.4 Å². The Morgan fingerprint density at radius 3 is 2.47 bits per heavy atom. The lowest BCUT2D eigenvalue weighted by Crippen LogP contribution is -3.14. The number of carbonyl (C=O) groups is 2. The molecular formula is C31H39N2O5+. The van der Waals surface area contributed by atoms with Crippen molar-refractivity contribution in [1.29, 1.82) is 0 Å². The summed E-state index contributed by atoms with van der Waals surface area (Å²) in [6.45, 7) is 13.2. The molecule has 2 fully saturated rings. The normalized spacial score (nSPS) is 23.5. The van der Waals surface area contributed by atoms with Crippen LogP contribution in [-0.4, -0.2) is 67.2 Å². The van der Waals surface area contributed by atoms with Gasteiger partial charge in [-0.25, -0.2) is 0 Å². The molecule has 0 aliphatic carbocycles. The van der Waals surface area contributed by atoms with Gasteiger partial charge in [-0.05, 0) is 47.2 Å². The van der Waals surface area contributed by atoms with Crippen LogP contribution < -0.4 is 9.64 Å². The maximum Gasteiger partial charge on any atom is 0.295 e. The first kappa shape index (κ1) is 26.4. The van der Waals surface area contributed by atoms with E-state index in [4.69, 9.17) is 9.47 Å². The molecule has 5 rings (SSSR count). The van der Waals surface area contributed by atoms with E-state index < -0.39 is 17.7 Å². The van der Waals surface area contributed by atoms with Crippen LogP contribution in [0.4, 0.5) is 0 Å². The van der Waals surface area contributed by atoms with Crippen molar-refractivity contribution < 1.29 is 29.1 Å². The smallest absolute Gasteiger partial charge is 0.295 e. The summed E-state index contributed by atoms with van der Waals surface area (Å²) in [4.78, 5) is 29.9. The lowest BCUT2D eigenvalue weighted by atomic mass is 9.85. The summed E-state index contributed by atoms with van der Waals surface area (Å²) in [6.07, 6.45) is 1.59. The number of nitrogens with zero attached hydrogens (tertiary/aromatic N) is 1. The largest absolute Gasteiger partial charge is 0.507 e. The number of likely N-dealkylation sites (tertiary alicyclic amines) is 1. The van der Waals surface area contributed by atoms with E-state index in [1.807, 2.05) is 31.2 Å². The van der Waals surface area contributed by atoms with Gasteiger partial charge < -0.3 is 24.4 Å². The maximum atomic E-state index is 13.4. The second-order valence-corrected chi connectivity index (χ2v) is 11.8. The number of aliphatic hydroxyl groups excluding tert-OH is 1. The summed E-state index contributed by atoms with van der Waals surface area (Å²) in [5, 5.41) is 11.5. The highest BCUT2D eigenvalue weighted by Crippen LogP contribution is 2.41. The molecule has 2 aromatic carbocycles. The molecule has 7 heteroatoms. The third-order valence-electron chi connectivity index (χ3n) is 7.93. The summed E-state index contributed by atoms with van der Waals surface area (Å²) in [6, 6.07) is 12.9. The molecule has 0 bridgehead atoms. The van der Waals surface area contributed by atoms with Gasteiger partial charge in [0.2, 0.25) is 0 Å². The minimum Gasteiger partial charge on any atom is -0.507 e. The van der Waals surface area contributed by atoms with Gasteiger partial charge >= 0.3 is 0 Å².